The first-order valence-corrected chi connectivity index (χ1v) is 7.09. The van der Waals surface area contributed by atoms with Gasteiger partial charge < -0.3 is 9.88 Å². The Morgan fingerprint density at radius 3 is 2.82 bits per heavy atom. The van der Waals surface area contributed by atoms with Crippen LogP contribution >= 0.6 is 0 Å². The van der Waals surface area contributed by atoms with Crippen LogP contribution in [0.4, 0.5) is 5.95 Å². The molecule has 2 fully saturated rings. The van der Waals surface area contributed by atoms with Gasteiger partial charge in [-0.1, -0.05) is 20.3 Å². The van der Waals surface area contributed by atoms with Gasteiger partial charge in [0.2, 0.25) is 5.95 Å². The van der Waals surface area contributed by atoms with E-state index >= 15 is 0 Å². The third-order valence-electron chi connectivity index (χ3n) is 4.67. The standard InChI is InChI=1S/C14H23N3/c1-3-11-4-7-13(10(11)2)16-14-15-8-9-17(14)12-5-6-12/h8-13H,3-7H2,1-2H3,(H,15,16). The highest BCUT2D eigenvalue weighted by Crippen LogP contribution is 2.39. The molecule has 3 atom stereocenters. The van der Waals surface area contributed by atoms with Crippen LogP contribution in [0.3, 0.4) is 0 Å². The molecule has 3 heteroatoms. The van der Waals surface area contributed by atoms with Crippen LogP contribution in [0.1, 0.15) is 52.0 Å². The summed E-state index contributed by atoms with van der Waals surface area (Å²) in [5, 5.41) is 3.68. The lowest BCUT2D eigenvalue weighted by Crippen LogP contribution is -2.26. The second-order valence-electron chi connectivity index (χ2n) is 5.74. The van der Waals surface area contributed by atoms with Gasteiger partial charge in [0, 0.05) is 24.5 Å². The van der Waals surface area contributed by atoms with Crippen LogP contribution in [0.5, 0.6) is 0 Å². The zero-order valence-corrected chi connectivity index (χ0v) is 10.9. The van der Waals surface area contributed by atoms with Gasteiger partial charge in [-0.15, -0.1) is 0 Å². The van der Waals surface area contributed by atoms with Crippen molar-refractivity contribution in [1.29, 1.82) is 0 Å². The summed E-state index contributed by atoms with van der Waals surface area (Å²) in [5.41, 5.74) is 0. The number of rotatable bonds is 4. The number of aromatic nitrogens is 2. The van der Waals surface area contributed by atoms with Crippen LogP contribution in [0.15, 0.2) is 12.4 Å². The molecule has 3 rings (SSSR count). The minimum atomic E-state index is 0.625. The maximum atomic E-state index is 4.48. The summed E-state index contributed by atoms with van der Waals surface area (Å²) in [6.07, 6.45) is 10.7. The van der Waals surface area contributed by atoms with Crippen LogP contribution in [-0.4, -0.2) is 15.6 Å². The Morgan fingerprint density at radius 2 is 2.18 bits per heavy atom. The van der Waals surface area contributed by atoms with E-state index in [1.54, 1.807) is 0 Å². The van der Waals surface area contributed by atoms with Crippen molar-refractivity contribution < 1.29 is 0 Å². The molecule has 0 spiro atoms. The number of anilines is 1. The molecule has 1 N–H and O–H groups in total. The van der Waals surface area contributed by atoms with Crippen molar-refractivity contribution in [3.05, 3.63) is 12.4 Å². The molecule has 1 heterocycles. The molecule has 0 radical (unpaired) electrons. The zero-order chi connectivity index (χ0) is 11.8. The van der Waals surface area contributed by atoms with E-state index in [2.05, 4.69) is 34.9 Å². The molecule has 0 aromatic carbocycles. The predicted molar refractivity (Wildman–Crippen MR) is 70.1 cm³/mol. The molecule has 1 aromatic heterocycles. The third-order valence-corrected chi connectivity index (χ3v) is 4.67. The fourth-order valence-electron chi connectivity index (χ4n) is 3.27. The zero-order valence-electron chi connectivity index (χ0n) is 10.9. The van der Waals surface area contributed by atoms with E-state index in [9.17, 15) is 0 Å². The summed E-state index contributed by atoms with van der Waals surface area (Å²) in [5.74, 6) is 2.78. The monoisotopic (exact) mass is 233 g/mol. The highest BCUT2D eigenvalue weighted by Gasteiger charge is 2.33. The first kappa shape index (κ1) is 11.1. The SMILES string of the molecule is CCC1CCC(Nc2nccn2C2CC2)C1C. The fraction of sp³-hybridized carbons (Fsp3) is 0.786. The maximum Gasteiger partial charge on any atom is 0.203 e. The highest BCUT2D eigenvalue weighted by atomic mass is 15.2. The molecule has 0 saturated heterocycles. The van der Waals surface area contributed by atoms with Crippen molar-refractivity contribution in [3.63, 3.8) is 0 Å². The van der Waals surface area contributed by atoms with Gasteiger partial charge in [-0.2, -0.15) is 0 Å². The van der Waals surface area contributed by atoms with E-state index in [-0.39, 0.29) is 0 Å². The quantitative estimate of drug-likeness (QED) is 0.863. The molecule has 2 aliphatic rings. The van der Waals surface area contributed by atoms with Gasteiger partial charge in [0.1, 0.15) is 0 Å². The van der Waals surface area contributed by atoms with Crippen molar-refractivity contribution in [2.75, 3.05) is 5.32 Å². The van der Waals surface area contributed by atoms with Gasteiger partial charge in [0.05, 0.1) is 0 Å². The molecule has 17 heavy (non-hydrogen) atoms. The van der Waals surface area contributed by atoms with E-state index < -0.39 is 0 Å². The van der Waals surface area contributed by atoms with Gasteiger partial charge in [-0.05, 0) is 37.5 Å². The molecular weight excluding hydrogens is 210 g/mol. The fourth-order valence-corrected chi connectivity index (χ4v) is 3.27. The van der Waals surface area contributed by atoms with Gasteiger partial charge in [0.15, 0.2) is 0 Å². The smallest absolute Gasteiger partial charge is 0.203 e. The number of hydrogen-bond donors (Lipinski definition) is 1. The summed E-state index contributed by atoms with van der Waals surface area (Å²) in [6.45, 7) is 4.71. The number of nitrogens with one attached hydrogen (secondary N) is 1. The molecule has 3 nitrogen and oxygen atoms in total. The lowest BCUT2D eigenvalue weighted by molar-refractivity contribution is 0.390. The minimum Gasteiger partial charge on any atom is -0.353 e. The van der Waals surface area contributed by atoms with Crippen LogP contribution in [-0.2, 0) is 0 Å². The molecule has 3 unspecified atom stereocenters. The van der Waals surface area contributed by atoms with Crippen molar-refractivity contribution in [2.24, 2.45) is 11.8 Å². The molecule has 2 saturated carbocycles. The maximum absolute atomic E-state index is 4.48. The van der Waals surface area contributed by atoms with E-state index in [4.69, 9.17) is 0 Å². The minimum absolute atomic E-state index is 0.625. The van der Waals surface area contributed by atoms with E-state index in [1.165, 1.54) is 32.1 Å². The van der Waals surface area contributed by atoms with Gasteiger partial charge >= 0.3 is 0 Å². The van der Waals surface area contributed by atoms with E-state index in [0.717, 1.165) is 23.8 Å². The Balaban J connectivity index is 1.68. The van der Waals surface area contributed by atoms with Crippen LogP contribution in [0.2, 0.25) is 0 Å². The van der Waals surface area contributed by atoms with E-state index in [0.29, 0.717) is 6.04 Å². The average molecular weight is 233 g/mol. The van der Waals surface area contributed by atoms with Crippen LogP contribution in [0, 0.1) is 11.8 Å². The summed E-state index contributed by atoms with van der Waals surface area (Å²) in [6, 6.07) is 1.35. The number of hydrogen-bond acceptors (Lipinski definition) is 2. The topological polar surface area (TPSA) is 29.9 Å². The second kappa shape index (κ2) is 4.35. The van der Waals surface area contributed by atoms with Crippen LogP contribution < -0.4 is 5.32 Å². The Hall–Kier alpha value is -0.990. The highest BCUT2D eigenvalue weighted by molar-refractivity contribution is 5.30. The molecule has 1 aromatic rings. The summed E-state index contributed by atoms with van der Waals surface area (Å²) in [7, 11) is 0. The Labute approximate surface area is 104 Å². The lowest BCUT2D eigenvalue weighted by Gasteiger charge is -2.22. The predicted octanol–water partition coefficient (Wildman–Crippen LogP) is 3.45. The summed E-state index contributed by atoms with van der Waals surface area (Å²) in [4.78, 5) is 4.48. The largest absolute Gasteiger partial charge is 0.353 e. The molecule has 94 valence electrons. The van der Waals surface area contributed by atoms with Crippen molar-refractivity contribution in [1.82, 2.24) is 9.55 Å². The first-order valence-electron chi connectivity index (χ1n) is 7.09. The second-order valence-corrected chi connectivity index (χ2v) is 5.74. The first-order chi connectivity index (χ1) is 8.29. The lowest BCUT2D eigenvalue weighted by atomic mass is 9.94. The molecular formula is C14H23N3. The Bertz CT molecular complexity index is 381. The number of nitrogens with zero attached hydrogens (tertiary/aromatic N) is 2. The Morgan fingerprint density at radius 1 is 1.35 bits per heavy atom. The summed E-state index contributed by atoms with van der Waals surface area (Å²) < 4.78 is 2.33. The molecule has 0 aliphatic heterocycles. The van der Waals surface area contributed by atoms with Gasteiger partial charge in [-0.25, -0.2) is 4.98 Å². The van der Waals surface area contributed by atoms with Crippen molar-refractivity contribution in [3.8, 4) is 0 Å². The number of imidazole rings is 1. The normalized spacial score (nSPS) is 32.9. The summed E-state index contributed by atoms with van der Waals surface area (Å²) >= 11 is 0. The van der Waals surface area contributed by atoms with Gasteiger partial charge in [-0.3, -0.25) is 0 Å². The van der Waals surface area contributed by atoms with Gasteiger partial charge in [0.25, 0.3) is 0 Å². The third kappa shape index (κ3) is 2.07. The van der Waals surface area contributed by atoms with E-state index in [1.807, 2.05) is 6.20 Å². The molecule has 0 bridgehead atoms. The average Bonchev–Trinajstić information content (AvgIpc) is 2.98. The Kier molecular flexibility index (Phi) is 2.85. The van der Waals surface area contributed by atoms with Crippen molar-refractivity contribution in [2.45, 2.75) is 58.0 Å². The molecule has 0 amide bonds. The molecule has 2 aliphatic carbocycles. The van der Waals surface area contributed by atoms with Crippen molar-refractivity contribution >= 4 is 5.95 Å². The van der Waals surface area contributed by atoms with Crippen LogP contribution in [0.25, 0.3) is 0 Å².